The number of rotatable bonds is 4. The molecule has 0 spiro atoms. The van der Waals surface area contributed by atoms with Gasteiger partial charge in [0.25, 0.3) is 0 Å². The van der Waals surface area contributed by atoms with E-state index in [0.717, 1.165) is 37.1 Å². The zero-order valence-electron chi connectivity index (χ0n) is 11.0. The van der Waals surface area contributed by atoms with Gasteiger partial charge in [0, 0.05) is 19.1 Å². The third-order valence-corrected chi connectivity index (χ3v) is 3.34. The molecule has 17 heavy (non-hydrogen) atoms. The van der Waals surface area contributed by atoms with Gasteiger partial charge >= 0.3 is 0 Å². The molecule has 0 aliphatic carbocycles. The van der Waals surface area contributed by atoms with Crippen LogP contribution in [0.2, 0.25) is 0 Å². The summed E-state index contributed by atoms with van der Waals surface area (Å²) in [6.45, 7) is 9.51. The Morgan fingerprint density at radius 2 is 2.18 bits per heavy atom. The number of hydrogen-bond donors (Lipinski definition) is 1. The normalized spacial score (nSPS) is 24.3. The van der Waals surface area contributed by atoms with Crippen LogP contribution in [0, 0.1) is 5.92 Å². The molecule has 4 heteroatoms. The van der Waals surface area contributed by atoms with E-state index in [1.54, 1.807) is 0 Å². The summed E-state index contributed by atoms with van der Waals surface area (Å²) < 4.78 is 0. The van der Waals surface area contributed by atoms with Crippen molar-refractivity contribution in [1.82, 2.24) is 15.5 Å². The van der Waals surface area contributed by atoms with Crippen molar-refractivity contribution < 1.29 is 0 Å². The quantitative estimate of drug-likeness (QED) is 0.863. The topological polar surface area (TPSA) is 41.0 Å². The van der Waals surface area contributed by atoms with Crippen LogP contribution in [0.4, 0.5) is 5.82 Å². The molecular formula is C13H22N4. The van der Waals surface area contributed by atoms with E-state index < -0.39 is 0 Å². The highest BCUT2D eigenvalue weighted by Crippen LogP contribution is 2.26. The molecule has 0 amide bonds. The van der Waals surface area contributed by atoms with E-state index in [1.165, 1.54) is 6.42 Å². The Balaban J connectivity index is 2.02. The molecule has 2 atom stereocenters. The average molecular weight is 234 g/mol. The second kappa shape index (κ2) is 5.45. The molecule has 0 aromatic carbocycles. The van der Waals surface area contributed by atoms with Crippen LogP contribution in [0.5, 0.6) is 0 Å². The minimum Gasteiger partial charge on any atom is -0.352 e. The lowest BCUT2D eigenvalue weighted by atomic mass is 10.1. The minimum atomic E-state index is 0.582. The van der Waals surface area contributed by atoms with Crippen LogP contribution in [0.25, 0.3) is 0 Å². The maximum Gasteiger partial charge on any atom is 0.151 e. The zero-order chi connectivity index (χ0) is 12.3. The summed E-state index contributed by atoms with van der Waals surface area (Å²) in [5.74, 6) is 1.77. The molecule has 1 aromatic heterocycles. The summed E-state index contributed by atoms with van der Waals surface area (Å²) in [4.78, 5) is 2.36. The van der Waals surface area contributed by atoms with Gasteiger partial charge < -0.3 is 10.2 Å². The van der Waals surface area contributed by atoms with E-state index in [2.05, 4.69) is 53.3 Å². The minimum absolute atomic E-state index is 0.582. The molecule has 2 heterocycles. The van der Waals surface area contributed by atoms with E-state index in [9.17, 15) is 0 Å². The van der Waals surface area contributed by atoms with Crippen molar-refractivity contribution in [3.63, 3.8) is 0 Å². The molecular weight excluding hydrogens is 212 g/mol. The Kier molecular flexibility index (Phi) is 3.94. The Hall–Kier alpha value is -1.16. The van der Waals surface area contributed by atoms with Gasteiger partial charge in [-0.2, -0.15) is 5.10 Å². The third kappa shape index (κ3) is 2.94. The van der Waals surface area contributed by atoms with Crippen LogP contribution in [-0.4, -0.2) is 29.3 Å². The van der Waals surface area contributed by atoms with Crippen LogP contribution in [0.1, 0.15) is 32.9 Å². The van der Waals surface area contributed by atoms with Gasteiger partial charge in [0.15, 0.2) is 5.82 Å². The predicted octanol–water partition coefficient (Wildman–Crippen LogP) is 1.82. The van der Waals surface area contributed by atoms with E-state index >= 15 is 0 Å². The second-order valence-electron chi connectivity index (χ2n) is 5.01. The van der Waals surface area contributed by atoms with Crippen molar-refractivity contribution in [2.45, 2.75) is 39.8 Å². The molecule has 1 fully saturated rings. The SMILES string of the molecule is CCNCc1ccc(N2CC(C)CC2C)nn1. The Bertz CT molecular complexity index is 349. The zero-order valence-corrected chi connectivity index (χ0v) is 11.0. The highest BCUT2D eigenvalue weighted by Gasteiger charge is 2.27. The molecule has 2 rings (SSSR count). The third-order valence-electron chi connectivity index (χ3n) is 3.34. The van der Waals surface area contributed by atoms with E-state index in [-0.39, 0.29) is 0 Å². The van der Waals surface area contributed by atoms with Crippen LogP contribution >= 0.6 is 0 Å². The van der Waals surface area contributed by atoms with Crippen LogP contribution in [0.3, 0.4) is 0 Å². The fraction of sp³-hybridized carbons (Fsp3) is 0.692. The van der Waals surface area contributed by atoms with Crippen molar-refractivity contribution in [3.05, 3.63) is 17.8 Å². The smallest absolute Gasteiger partial charge is 0.151 e. The van der Waals surface area contributed by atoms with Gasteiger partial charge in [0.05, 0.1) is 5.69 Å². The molecule has 1 saturated heterocycles. The maximum absolute atomic E-state index is 4.33. The molecule has 1 aliphatic heterocycles. The first kappa shape index (κ1) is 12.3. The molecule has 94 valence electrons. The summed E-state index contributed by atoms with van der Waals surface area (Å²) in [5.41, 5.74) is 1.01. The van der Waals surface area contributed by atoms with Gasteiger partial charge in [-0.05, 0) is 37.9 Å². The van der Waals surface area contributed by atoms with Crippen molar-refractivity contribution >= 4 is 5.82 Å². The molecule has 2 unspecified atom stereocenters. The van der Waals surface area contributed by atoms with Crippen LogP contribution in [-0.2, 0) is 6.54 Å². The summed E-state index contributed by atoms with van der Waals surface area (Å²) in [7, 11) is 0. The van der Waals surface area contributed by atoms with Crippen molar-refractivity contribution in [3.8, 4) is 0 Å². The van der Waals surface area contributed by atoms with Crippen LogP contribution < -0.4 is 10.2 Å². The second-order valence-corrected chi connectivity index (χ2v) is 5.01. The number of nitrogens with one attached hydrogen (secondary N) is 1. The lowest BCUT2D eigenvalue weighted by molar-refractivity contribution is 0.624. The summed E-state index contributed by atoms with van der Waals surface area (Å²) in [6.07, 6.45) is 1.25. The van der Waals surface area contributed by atoms with E-state index in [1.807, 2.05) is 0 Å². The largest absolute Gasteiger partial charge is 0.352 e. The molecule has 1 aliphatic rings. The maximum atomic E-state index is 4.33. The van der Waals surface area contributed by atoms with Gasteiger partial charge in [-0.15, -0.1) is 5.10 Å². The average Bonchev–Trinajstić information content (AvgIpc) is 2.66. The van der Waals surface area contributed by atoms with Crippen molar-refractivity contribution in [2.75, 3.05) is 18.0 Å². The first-order chi connectivity index (χ1) is 8.20. The monoisotopic (exact) mass is 234 g/mol. The molecule has 0 bridgehead atoms. The first-order valence-electron chi connectivity index (χ1n) is 6.50. The van der Waals surface area contributed by atoms with Crippen molar-refractivity contribution in [2.24, 2.45) is 5.92 Å². The standard InChI is InChI=1S/C13H22N4/c1-4-14-8-12-5-6-13(16-15-12)17-9-10(2)7-11(17)3/h5-6,10-11,14H,4,7-9H2,1-3H3. The van der Waals surface area contributed by atoms with Crippen molar-refractivity contribution in [1.29, 1.82) is 0 Å². The van der Waals surface area contributed by atoms with Gasteiger partial charge in [-0.1, -0.05) is 13.8 Å². The molecule has 1 aromatic rings. The first-order valence-corrected chi connectivity index (χ1v) is 6.50. The predicted molar refractivity (Wildman–Crippen MR) is 70.0 cm³/mol. The van der Waals surface area contributed by atoms with Gasteiger partial charge in [-0.3, -0.25) is 0 Å². The highest BCUT2D eigenvalue weighted by molar-refractivity contribution is 5.40. The fourth-order valence-corrected chi connectivity index (χ4v) is 2.47. The summed E-state index contributed by atoms with van der Waals surface area (Å²) >= 11 is 0. The summed E-state index contributed by atoms with van der Waals surface area (Å²) in [6, 6.07) is 4.74. The lowest BCUT2D eigenvalue weighted by Crippen LogP contribution is -2.28. The van der Waals surface area contributed by atoms with E-state index in [4.69, 9.17) is 0 Å². The number of hydrogen-bond acceptors (Lipinski definition) is 4. The Morgan fingerprint density at radius 1 is 1.35 bits per heavy atom. The van der Waals surface area contributed by atoms with Gasteiger partial charge in [-0.25, -0.2) is 0 Å². The highest BCUT2D eigenvalue weighted by atomic mass is 15.3. The van der Waals surface area contributed by atoms with Crippen LogP contribution in [0.15, 0.2) is 12.1 Å². The van der Waals surface area contributed by atoms with Gasteiger partial charge in [0.2, 0.25) is 0 Å². The molecule has 4 nitrogen and oxygen atoms in total. The number of aromatic nitrogens is 2. The molecule has 1 N–H and O–H groups in total. The molecule has 0 saturated carbocycles. The lowest BCUT2D eigenvalue weighted by Gasteiger charge is -2.21. The number of anilines is 1. The number of nitrogens with zero attached hydrogens (tertiary/aromatic N) is 3. The molecule has 0 radical (unpaired) electrons. The van der Waals surface area contributed by atoms with E-state index in [0.29, 0.717) is 6.04 Å². The summed E-state index contributed by atoms with van der Waals surface area (Å²) in [5, 5.41) is 11.9. The Labute approximate surface area is 103 Å². The van der Waals surface area contributed by atoms with Gasteiger partial charge in [0.1, 0.15) is 0 Å². The Morgan fingerprint density at radius 3 is 2.71 bits per heavy atom. The fourth-order valence-electron chi connectivity index (χ4n) is 2.47.